The van der Waals surface area contributed by atoms with Crippen molar-refractivity contribution in [3.8, 4) is 0 Å². The summed E-state index contributed by atoms with van der Waals surface area (Å²) in [6.45, 7) is -46.0. The van der Waals surface area contributed by atoms with E-state index in [1.54, 1.807) is 0 Å². The van der Waals surface area contributed by atoms with Crippen LogP contribution >= 0.6 is 0 Å². The van der Waals surface area contributed by atoms with E-state index in [1.165, 1.54) is 0 Å². The Morgan fingerprint density at radius 1 is 0.255 bits per heavy atom. The van der Waals surface area contributed by atoms with Gasteiger partial charge in [-0.1, -0.05) is 228 Å². The van der Waals surface area contributed by atoms with Gasteiger partial charge in [0.25, 0.3) is 0 Å². The van der Waals surface area contributed by atoms with E-state index in [1.807, 2.05) is 0 Å². The van der Waals surface area contributed by atoms with Gasteiger partial charge >= 0.3 is 5.97 Å². The lowest BCUT2D eigenvalue weighted by atomic mass is 9.30. The van der Waals surface area contributed by atoms with Crippen LogP contribution in [0, 0.1) is 92.1 Å². The van der Waals surface area contributed by atoms with Crippen molar-refractivity contribution in [1.82, 2.24) is 0 Å². The summed E-state index contributed by atoms with van der Waals surface area (Å²) in [6, 6.07) is 0. The van der Waals surface area contributed by atoms with Crippen LogP contribution in [0.25, 0.3) is 0 Å². The monoisotopic (exact) mass is 810 g/mol. The van der Waals surface area contributed by atoms with Crippen LogP contribution in [0.1, 0.15) is 289 Å². The lowest BCUT2D eigenvalue weighted by Gasteiger charge is -2.74. The predicted octanol–water partition coefficient (Wildman–Crippen LogP) is 17.5. The lowest BCUT2D eigenvalue weighted by molar-refractivity contribution is -0.262. The van der Waals surface area contributed by atoms with Crippen LogP contribution in [0.5, 0.6) is 0 Å². The average Bonchev–Trinajstić information content (AvgIpc) is 0.657. The molecule has 0 heterocycles. The minimum absolute atomic E-state index is 0.898. The fourth-order valence-corrected chi connectivity index (χ4v) is 7.12. The number of carboxylic acid groups (broad SMARTS) is 1. The van der Waals surface area contributed by atoms with Crippen LogP contribution in [0.4, 0.5) is 0 Å². The number of aliphatic carboxylic acids is 1. The summed E-state index contributed by atoms with van der Waals surface area (Å²) in [4.78, 5) is 13.7. The summed E-state index contributed by atoms with van der Waals surface area (Å²) in [5.41, 5.74) is -48.9. The van der Waals surface area contributed by atoms with E-state index in [0.717, 1.165) is 0 Å². The van der Waals surface area contributed by atoms with Crippen LogP contribution in [-0.4, -0.2) is 11.1 Å². The molecule has 0 aliphatic heterocycles. The van der Waals surface area contributed by atoms with Gasteiger partial charge in [0, 0.05) is 48.0 Å². The van der Waals surface area contributed by atoms with E-state index >= 15 is 0 Å². The fourth-order valence-electron chi connectivity index (χ4n) is 7.12. The minimum atomic E-state index is -3.09. The Labute approximate surface area is 398 Å². The molecule has 2 heteroatoms. The van der Waals surface area contributed by atoms with Gasteiger partial charge in [-0.3, -0.25) is 4.79 Å². The quantitative estimate of drug-likeness (QED) is 0.169. The third-order valence-corrected chi connectivity index (χ3v) is 15.2. The predicted molar refractivity (Wildman–Crippen MR) is 248 cm³/mol. The molecule has 0 atom stereocenters. The fraction of sp³-hybridized carbons (Fsp3) is 0.981. The first kappa shape index (κ1) is 19.9. The molecule has 0 fully saturated rings. The normalized spacial score (nSPS) is 25.4. The molecule has 330 valence electrons. The molecule has 0 aliphatic carbocycles. The SMILES string of the molecule is [2H]CC(C[2H])(C[2H])C(C[2H])(C[2H])C(C[2H])(C[2H])C(C[2H])(C[2H])C(C[2H])(C[2H])C(C[2H])(C[2H])C(C[2H])(C[2H])C(C[2H])(C[2H])C(C[2H])(C[2H])C(C[2H])(C[2H])C(C[2H])(C[2H])C(C[2H])(C[2H])C(C[2H])(C[2H])C(C[2H])(C[2H])C(C[2H])(C[2H])C(C[2H])(C[2H])C(C[2H])(C[2H])C(=O)O. The Hall–Kier alpha value is -0.530. The van der Waals surface area contributed by atoms with Crippen molar-refractivity contribution in [2.75, 3.05) is 0 Å². The molecule has 2 nitrogen and oxygen atoms in total. The zero-order valence-corrected chi connectivity index (χ0v) is 34.6. The third kappa shape index (κ3) is 6.34. The molecule has 0 rings (SSSR count). The molecule has 0 spiro atoms. The molecule has 1 N–H and O–H groups in total. The van der Waals surface area contributed by atoms with Crippen LogP contribution in [0.2, 0.25) is 0 Å². The van der Waals surface area contributed by atoms with Crippen LogP contribution in [-0.2, 0) is 4.79 Å². The van der Waals surface area contributed by atoms with Crippen LogP contribution < -0.4 is 0 Å². The van der Waals surface area contributed by atoms with Crippen LogP contribution in [0.3, 0.4) is 0 Å². The molecular formula is C53H106O2. The maximum Gasteiger partial charge on any atom is 0.309 e. The number of rotatable bonds is 16. The van der Waals surface area contributed by atoms with E-state index in [-0.39, 0.29) is 0 Å². The number of hydrogen-bond donors (Lipinski definition) is 1. The summed E-state index contributed by atoms with van der Waals surface area (Å²) < 4.78 is 335. The molecule has 0 aromatic carbocycles. The Morgan fingerprint density at radius 3 is 0.545 bits per heavy atom. The highest BCUT2D eigenvalue weighted by atomic mass is 16.4. The zero-order valence-electron chi connectivity index (χ0n) is 69.6. The van der Waals surface area contributed by atoms with Crippen molar-refractivity contribution in [3.63, 3.8) is 0 Å². The first-order chi connectivity index (χ1) is 42.6. The molecule has 0 aromatic heterocycles. The number of carbonyl (C=O) groups is 1. The molecule has 0 unspecified atom stereocenters. The first-order valence-corrected chi connectivity index (χ1v) is 17.1. The van der Waals surface area contributed by atoms with E-state index in [0.29, 0.717) is 0 Å². The standard InChI is InChI=1S/C53H106O2/c1-37(2,3)39(6,7)41(10,11)43(14,15)45(18,19)47(22,23)49(26,27)51(30,31)53(34,35)52(32,33)50(28,29)48(24,25)46(20,21)44(16,17)42(12,13)40(8,9)38(4,5)36(54)55/h1-35H3,(H,54,55)/i1D,2D,3D,4D,5D,6D,7D,8D,9D,10D,11D,12D,13D,14D,15D,16D,17D,18D,19D,20D,21D,22D,23D,24D,25D,26D,27D,28D,29D,30D,31D,32D,33D,34D,35D. The van der Waals surface area contributed by atoms with Gasteiger partial charge in [-0.25, -0.2) is 0 Å². The summed E-state index contributed by atoms with van der Waals surface area (Å²) >= 11 is 0. The van der Waals surface area contributed by atoms with Gasteiger partial charge in [0.1, 0.15) is 0 Å². The number of hydrogen-bond acceptors (Lipinski definition) is 1. The van der Waals surface area contributed by atoms with Crippen molar-refractivity contribution in [2.24, 2.45) is 92.1 Å². The van der Waals surface area contributed by atoms with Crippen molar-refractivity contribution in [3.05, 3.63) is 0 Å². The molecule has 0 saturated heterocycles. The van der Waals surface area contributed by atoms with E-state index in [4.69, 9.17) is 9.60 Å². The molecule has 0 saturated carbocycles. The van der Waals surface area contributed by atoms with Gasteiger partial charge < -0.3 is 5.11 Å². The second kappa shape index (κ2) is 13.5. The van der Waals surface area contributed by atoms with E-state index < -0.39 is 340 Å². The largest absolute Gasteiger partial charge is 0.481 e. The lowest BCUT2D eigenvalue weighted by Crippen LogP contribution is -2.68. The molecular weight excluding hydrogens is 669 g/mol. The molecule has 0 bridgehead atoms. The van der Waals surface area contributed by atoms with Gasteiger partial charge in [0.05, 0.1) is 5.41 Å². The van der Waals surface area contributed by atoms with Gasteiger partial charge in [-0.15, -0.1) is 0 Å². The van der Waals surface area contributed by atoms with Gasteiger partial charge in [0.15, 0.2) is 0 Å². The van der Waals surface area contributed by atoms with Crippen molar-refractivity contribution in [1.29, 1.82) is 0 Å². The summed E-state index contributed by atoms with van der Waals surface area (Å²) in [7, 11) is 0. The summed E-state index contributed by atoms with van der Waals surface area (Å²) in [5, 5.41) is 11.1. The Bertz CT molecular complexity index is 2030. The second-order valence-corrected chi connectivity index (χ2v) is 18.9. The highest BCUT2D eigenvalue weighted by Crippen LogP contribution is 2.78. The first-order valence-electron chi connectivity index (χ1n) is 41.8. The number of carboxylic acids is 1. The van der Waals surface area contributed by atoms with E-state index in [2.05, 4.69) is 0 Å². The highest BCUT2D eigenvalue weighted by molar-refractivity contribution is 5.75. The molecule has 0 aromatic rings. The minimum Gasteiger partial charge on any atom is -0.481 e. The van der Waals surface area contributed by atoms with Crippen molar-refractivity contribution < 1.29 is 57.9 Å². The summed E-state index contributed by atoms with van der Waals surface area (Å²) in [5.74, 6) is -1.96. The Kier molecular flexibility index (Phi) is 4.88. The van der Waals surface area contributed by atoms with Gasteiger partial charge in [0.2, 0.25) is 0 Å². The topological polar surface area (TPSA) is 37.3 Å². The molecule has 55 heavy (non-hydrogen) atoms. The molecule has 0 aliphatic rings. The Morgan fingerprint density at radius 2 is 0.418 bits per heavy atom. The third-order valence-electron chi connectivity index (χ3n) is 15.2. The van der Waals surface area contributed by atoms with Crippen LogP contribution in [0.15, 0.2) is 0 Å². The van der Waals surface area contributed by atoms with Crippen molar-refractivity contribution in [2.45, 2.75) is 241 Å². The molecule has 0 radical (unpaired) electrons. The highest BCUT2D eigenvalue weighted by Gasteiger charge is 2.72. The maximum atomic E-state index is 13.7. The van der Waals surface area contributed by atoms with Gasteiger partial charge in [-0.05, 0) is 100 Å². The van der Waals surface area contributed by atoms with Gasteiger partial charge in [-0.2, -0.15) is 0 Å². The summed E-state index contributed by atoms with van der Waals surface area (Å²) in [6.07, 6.45) is 0. The maximum absolute atomic E-state index is 13.7. The molecule has 0 amide bonds. The Balaban J connectivity index is 11.5. The zero-order chi connectivity index (χ0) is 70.8. The second-order valence-electron chi connectivity index (χ2n) is 18.9. The van der Waals surface area contributed by atoms with E-state index in [9.17, 15) is 48.3 Å². The van der Waals surface area contributed by atoms with Crippen molar-refractivity contribution >= 4 is 5.97 Å². The smallest absolute Gasteiger partial charge is 0.309 e. The average molecular weight is 811 g/mol.